The molecule has 4 heterocycles. The predicted molar refractivity (Wildman–Crippen MR) is 105 cm³/mol. The van der Waals surface area contributed by atoms with E-state index in [1.54, 1.807) is 12.1 Å². The molecule has 0 unspecified atom stereocenters. The molecule has 4 fully saturated rings. The molecule has 4 saturated heterocycles. The Morgan fingerprint density at radius 1 is 0.963 bits per heavy atom. The number of hydrogen-bond donors (Lipinski definition) is 1. The minimum atomic E-state index is -0.857. The van der Waals surface area contributed by atoms with Gasteiger partial charge in [-0.25, -0.2) is 4.79 Å². The Morgan fingerprint density at radius 3 is 2.33 bits per heavy atom. The number of likely N-dealkylation sites (tertiary alicyclic amines) is 1. The highest BCUT2D eigenvalue weighted by Crippen LogP contribution is 2.46. The Hall–Kier alpha value is -2.17. The van der Waals surface area contributed by atoms with Gasteiger partial charge >= 0.3 is 5.97 Å². The van der Waals surface area contributed by atoms with Gasteiger partial charge in [0.25, 0.3) is 0 Å². The summed E-state index contributed by atoms with van der Waals surface area (Å²) in [7, 11) is 0. The molecule has 4 heteroatoms. The molecule has 3 atom stereocenters. The second-order valence-corrected chi connectivity index (χ2v) is 8.30. The topological polar surface area (TPSA) is 43.8 Å². The molecule has 0 spiro atoms. The van der Waals surface area contributed by atoms with Crippen molar-refractivity contribution in [2.24, 2.45) is 5.92 Å². The zero-order valence-corrected chi connectivity index (χ0v) is 15.5. The van der Waals surface area contributed by atoms with Gasteiger partial charge in [-0.3, -0.25) is 9.80 Å². The van der Waals surface area contributed by atoms with Crippen molar-refractivity contribution < 1.29 is 9.90 Å². The largest absolute Gasteiger partial charge is 0.478 e. The van der Waals surface area contributed by atoms with Crippen molar-refractivity contribution in [3.05, 3.63) is 71.3 Å². The summed E-state index contributed by atoms with van der Waals surface area (Å²) in [6.45, 7) is 4.49. The maximum Gasteiger partial charge on any atom is 0.335 e. The second-order valence-electron chi connectivity index (χ2n) is 8.30. The third-order valence-electron chi connectivity index (χ3n) is 6.91. The van der Waals surface area contributed by atoms with Gasteiger partial charge in [0.1, 0.15) is 0 Å². The van der Waals surface area contributed by atoms with Gasteiger partial charge in [0.15, 0.2) is 0 Å². The third-order valence-corrected chi connectivity index (χ3v) is 6.91. The van der Waals surface area contributed by atoms with Crippen LogP contribution in [0.25, 0.3) is 0 Å². The van der Waals surface area contributed by atoms with Gasteiger partial charge in [0, 0.05) is 31.1 Å². The summed E-state index contributed by atoms with van der Waals surface area (Å²) in [5.74, 6) is 0.508. The molecule has 0 aromatic heterocycles. The molecule has 2 aromatic rings. The number of carboxylic acids is 1. The number of nitrogens with zero attached hydrogens (tertiary/aromatic N) is 2. The molecule has 27 heavy (non-hydrogen) atoms. The molecular weight excluding hydrogens is 336 g/mol. The Balaban J connectivity index is 1.43. The lowest BCUT2D eigenvalue weighted by molar-refractivity contribution is -0.00869. The van der Waals surface area contributed by atoms with Crippen LogP contribution in [0.15, 0.2) is 54.6 Å². The van der Waals surface area contributed by atoms with Crippen LogP contribution in [0.1, 0.15) is 40.2 Å². The molecule has 0 radical (unpaired) electrons. The fraction of sp³-hybridized carbons (Fsp3) is 0.435. The van der Waals surface area contributed by atoms with Gasteiger partial charge in [-0.05, 0) is 55.1 Å². The van der Waals surface area contributed by atoms with Crippen LogP contribution in [0.3, 0.4) is 0 Å². The quantitative estimate of drug-likeness (QED) is 0.905. The van der Waals surface area contributed by atoms with E-state index in [2.05, 4.69) is 40.1 Å². The molecule has 2 aromatic carbocycles. The van der Waals surface area contributed by atoms with Crippen LogP contribution in [0.5, 0.6) is 0 Å². The molecule has 140 valence electrons. The van der Waals surface area contributed by atoms with Crippen molar-refractivity contribution in [2.45, 2.75) is 37.4 Å². The van der Waals surface area contributed by atoms with E-state index in [9.17, 15) is 4.79 Å². The monoisotopic (exact) mass is 362 g/mol. The van der Waals surface area contributed by atoms with Gasteiger partial charge in [-0.1, -0.05) is 42.5 Å². The molecule has 0 aliphatic carbocycles. The summed E-state index contributed by atoms with van der Waals surface area (Å²) >= 11 is 0. The molecule has 0 saturated carbocycles. The van der Waals surface area contributed by atoms with Crippen molar-refractivity contribution in [3.63, 3.8) is 0 Å². The van der Waals surface area contributed by atoms with E-state index in [4.69, 9.17) is 5.11 Å². The SMILES string of the molecule is O=C(O)c1ccc(CN2C[C@H](c3ccccc3)[C@H]3[C@@H]2C2CCN3CC2)cc1. The maximum absolute atomic E-state index is 11.1. The zero-order chi connectivity index (χ0) is 18.4. The van der Waals surface area contributed by atoms with E-state index in [0.717, 1.165) is 19.0 Å². The lowest BCUT2D eigenvalue weighted by atomic mass is 9.75. The van der Waals surface area contributed by atoms with E-state index < -0.39 is 5.97 Å². The first kappa shape index (κ1) is 17.0. The number of piperidine rings is 3. The Labute approximate surface area is 160 Å². The number of benzene rings is 2. The van der Waals surface area contributed by atoms with Crippen LogP contribution >= 0.6 is 0 Å². The minimum absolute atomic E-state index is 0.364. The summed E-state index contributed by atoms with van der Waals surface area (Å²) in [5, 5.41) is 9.13. The van der Waals surface area contributed by atoms with Gasteiger partial charge in [0.2, 0.25) is 0 Å². The van der Waals surface area contributed by atoms with Crippen molar-refractivity contribution in [1.29, 1.82) is 0 Å². The normalized spacial score (nSPS) is 32.4. The highest BCUT2D eigenvalue weighted by molar-refractivity contribution is 5.87. The van der Waals surface area contributed by atoms with Crippen LogP contribution in [0.2, 0.25) is 0 Å². The number of carboxylic acid groups (broad SMARTS) is 1. The molecule has 1 N–H and O–H groups in total. The van der Waals surface area contributed by atoms with Crippen LogP contribution in [0, 0.1) is 5.92 Å². The van der Waals surface area contributed by atoms with E-state index in [-0.39, 0.29) is 0 Å². The fourth-order valence-corrected chi connectivity index (χ4v) is 5.70. The Bertz CT molecular complexity index is 812. The van der Waals surface area contributed by atoms with Crippen molar-refractivity contribution in [2.75, 3.05) is 19.6 Å². The lowest BCUT2D eigenvalue weighted by Crippen LogP contribution is -2.59. The van der Waals surface area contributed by atoms with Crippen LogP contribution in [0.4, 0.5) is 0 Å². The highest BCUT2D eigenvalue weighted by Gasteiger charge is 2.52. The van der Waals surface area contributed by atoms with Crippen molar-refractivity contribution in [1.82, 2.24) is 9.80 Å². The number of fused-ring (bicyclic) bond motifs is 2. The van der Waals surface area contributed by atoms with E-state index in [1.165, 1.54) is 37.1 Å². The fourth-order valence-electron chi connectivity index (χ4n) is 5.70. The maximum atomic E-state index is 11.1. The van der Waals surface area contributed by atoms with Gasteiger partial charge in [-0.2, -0.15) is 0 Å². The summed E-state index contributed by atoms with van der Waals surface area (Å²) in [4.78, 5) is 16.5. The number of carbonyl (C=O) groups is 1. The first-order chi connectivity index (χ1) is 13.2. The van der Waals surface area contributed by atoms with Gasteiger partial charge < -0.3 is 5.11 Å². The second kappa shape index (κ2) is 6.77. The number of aromatic carboxylic acids is 1. The zero-order valence-electron chi connectivity index (χ0n) is 15.5. The molecule has 4 aliphatic heterocycles. The summed E-state index contributed by atoms with van der Waals surface area (Å²) in [5.41, 5.74) is 3.04. The number of hydrogen-bond acceptors (Lipinski definition) is 3. The highest BCUT2D eigenvalue weighted by atomic mass is 16.4. The predicted octanol–water partition coefficient (Wildman–Crippen LogP) is 3.45. The Kier molecular flexibility index (Phi) is 4.25. The third kappa shape index (κ3) is 2.97. The molecule has 0 amide bonds. The summed E-state index contributed by atoms with van der Waals surface area (Å²) in [6, 6.07) is 19.7. The molecule has 2 bridgehead atoms. The van der Waals surface area contributed by atoms with Crippen LogP contribution < -0.4 is 0 Å². The van der Waals surface area contributed by atoms with Crippen LogP contribution in [-0.4, -0.2) is 52.6 Å². The lowest BCUT2D eigenvalue weighted by Gasteiger charge is -2.51. The first-order valence-corrected chi connectivity index (χ1v) is 10.1. The Morgan fingerprint density at radius 2 is 1.67 bits per heavy atom. The smallest absolute Gasteiger partial charge is 0.335 e. The standard InChI is InChI=1S/C23H26N2O2/c26-23(27)19-8-6-16(7-9-19)14-25-15-20(17-4-2-1-3-5-17)22-21(25)18-10-12-24(22)13-11-18/h1-9,18,20-22H,10-15H2,(H,26,27)/t20-,21+,22+/m1/s1. The summed E-state index contributed by atoms with van der Waals surface area (Å²) in [6.07, 6.45) is 2.63. The van der Waals surface area contributed by atoms with Gasteiger partial charge in [0.05, 0.1) is 5.56 Å². The average Bonchev–Trinajstić information content (AvgIpc) is 3.11. The molecule has 6 rings (SSSR count). The van der Waals surface area contributed by atoms with Crippen LogP contribution in [-0.2, 0) is 6.54 Å². The van der Waals surface area contributed by atoms with E-state index in [0.29, 0.717) is 23.6 Å². The first-order valence-electron chi connectivity index (χ1n) is 10.1. The molecule has 4 nitrogen and oxygen atoms in total. The van der Waals surface area contributed by atoms with Gasteiger partial charge in [-0.15, -0.1) is 0 Å². The van der Waals surface area contributed by atoms with E-state index >= 15 is 0 Å². The van der Waals surface area contributed by atoms with E-state index in [1.807, 2.05) is 12.1 Å². The minimum Gasteiger partial charge on any atom is -0.478 e. The van der Waals surface area contributed by atoms with Crippen molar-refractivity contribution >= 4 is 5.97 Å². The molecule has 4 aliphatic rings. The molecular formula is C23H26N2O2. The average molecular weight is 362 g/mol. The number of rotatable bonds is 4. The summed E-state index contributed by atoms with van der Waals surface area (Å²) < 4.78 is 0. The van der Waals surface area contributed by atoms with Crippen molar-refractivity contribution in [3.8, 4) is 0 Å².